The first-order valence-electron chi connectivity index (χ1n) is 13.9. The molecule has 0 aliphatic carbocycles. The molecule has 7 rings (SSSR count). The first-order chi connectivity index (χ1) is 21.2. The van der Waals surface area contributed by atoms with E-state index in [-0.39, 0.29) is 6.61 Å². The lowest BCUT2D eigenvalue weighted by molar-refractivity contribution is 0.125. The lowest BCUT2D eigenvalue weighted by Crippen LogP contribution is -2.03. The van der Waals surface area contributed by atoms with E-state index >= 15 is 0 Å². The van der Waals surface area contributed by atoms with Crippen molar-refractivity contribution in [2.75, 3.05) is 7.11 Å². The summed E-state index contributed by atoms with van der Waals surface area (Å²) in [6.45, 7) is 2.51. The second kappa shape index (κ2) is 11.3. The molecule has 0 aliphatic rings. The van der Waals surface area contributed by atoms with E-state index in [1.165, 1.54) is 0 Å². The minimum absolute atomic E-state index is 0.107. The van der Waals surface area contributed by atoms with Gasteiger partial charge >= 0.3 is 0 Å². The summed E-state index contributed by atoms with van der Waals surface area (Å²) in [5, 5.41) is 9.88. The first kappa shape index (κ1) is 26.2. The Balaban J connectivity index is 1.35. The molecule has 9 heteroatoms. The maximum absolute atomic E-state index is 5.77. The smallest absolute Gasteiger partial charge is 0.192 e. The van der Waals surface area contributed by atoms with Gasteiger partial charge in [0.25, 0.3) is 0 Å². The molecule has 3 aromatic carbocycles. The van der Waals surface area contributed by atoms with Crippen LogP contribution in [0.4, 0.5) is 0 Å². The van der Waals surface area contributed by atoms with Gasteiger partial charge in [-0.25, -0.2) is 14.5 Å². The Morgan fingerprint density at radius 2 is 1.60 bits per heavy atom. The lowest BCUT2D eigenvalue weighted by atomic mass is 9.99. The molecule has 4 aromatic heterocycles. The number of oxime groups is 1. The summed E-state index contributed by atoms with van der Waals surface area (Å²) >= 11 is 0. The van der Waals surface area contributed by atoms with Gasteiger partial charge in [0.2, 0.25) is 0 Å². The van der Waals surface area contributed by atoms with E-state index < -0.39 is 0 Å². The molecule has 7 aromatic rings. The Morgan fingerprint density at radius 3 is 2.30 bits per heavy atom. The Morgan fingerprint density at radius 1 is 0.860 bits per heavy atom. The number of rotatable bonds is 9. The fraction of sp³-hybridized carbons (Fsp3) is 0.118. The van der Waals surface area contributed by atoms with Crippen molar-refractivity contribution in [2.45, 2.75) is 20.1 Å². The number of fused-ring (bicyclic) bond motifs is 3. The topological polar surface area (TPSA) is 92.0 Å². The number of hydrogen-bond acceptors (Lipinski definition) is 7. The largest absolute Gasteiger partial charge is 0.497 e. The summed E-state index contributed by atoms with van der Waals surface area (Å²) in [6, 6.07) is 32.2. The van der Waals surface area contributed by atoms with Crippen LogP contribution in [0.5, 0.6) is 5.75 Å². The molecule has 9 nitrogen and oxygen atoms in total. The van der Waals surface area contributed by atoms with Gasteiger partial charge in [-0.1, -0.05) is 65.8 Å². The third-order valence-electron chi connectivity index (χ3n) is 7.33. The van der Waals surface area contributed by atoms with Gasteiger partial charge < -0.3 is 18.6 Å². The average Bonchev–Trinajstić information content (AvgIpc) is 3.80. The van der Waals surface area contributed by atoms with Gasteiger partial charge in [-0.05, 0) is 60.0 Å². The summed E-state index contributed by atoms with van der Waals surface area (Å²) in [5.41, 5.74) is 7.33. The number of methoxy groups -OCH3 is 1. The van der Waals surface area contributed by atoms with Crippen LogP contribution in [0, 0.1) is 0 Å². The monoisotopic (exact) mass is 568 g/mol. The van der Waals surface area contributed by atoms with Crippen LogP contribution in [-0.4, -0.2) is 37.0 Å². The number of ether oxygens (including phenoxy) is 1. The molecular weight excluding hydrogens is 540 g/mol. The Kier molecular flexibility index (Phi) is 6.88. The van der Waals surface area contributed by atoms with Crippen LogP contribution in [0.1, 0.15) is 24.1 Å². The van der Waals surface area contributed by atoms with Gasteiger partial charge in [0.1, 0.15) is 23.5 Å². The molecule has 4 heterocycles. The van der Waals surface area contributed by atoms with Crippen LogP contribution in [0.2, 0.25) is 0 Å². The molecule has 0 spiro atoms. The predicted octanol–water partition coefficient (Wildman–Crippen LogP) is 7.00. The zero-order valence-electron chi connectivity index (χ0n) is 23.7. The molecule has 0 bridgehead atoms. The maximum Gasteiger partial charge on any atom is 0.192 e. The number of furan rings is 1. The lowest BCUT2D eigenvalue weighted by Gasteiger charge is -2.11. The zero-order chi connectivity index (χ0) is 29.2. The molecule has 0 amide bonds. The standard InChI is InChI=1S/C34H28N6O3/c1-23(24-15-17-27(41-2)18-16-24)38-43-21-29-36-34-31-30(25-10-5-3-6-11-25)32(26-12-7-4-8-13-26)39(20-28-14-9-19-42-28)33(31)35-22-40(34)37-29/h3-19,22H,20-21H2,1-2H3. The van der Waals surface area contributed by atoms with E-state index in [9.17, 15) is 0 Å². The van der Waals surface area contributed by atoms with Crippen molar-refractivity contribution < 1.29 is 14.0 Å². The van der Waals surface area contributed by atoms with Crippen molar-refractivity contribution >= 4 is 22.4 Å². The van der Waals surface area contributed by atoms with Gasteiger partial charge in [-0.15, -0.1) is 5.10 Å². The molecule has 0 aliphatic heterocycles. The average molecular weight is 569 g/mol. The fourth-order valence-corrected chi connectivity index (χ4v) is 5.31. The third-order valence-corrected chi connectivity index (χ3v) is 7.33. The molecule has 0 saturated carbocycles. The molecule has 0 N–H and O–H groups in total. The normalized spacial score (nSPS) is 11.8. The molecule has 0 saturated heterocycles. The second-order valence-electron chi connectivity index (χ2n) is 10.0. The molecule has 0 fully saturated rings. The molecule has 0 atom stereocenters. The van der Waals surface area contributed by atoms with Crippen molar-refractivity contribution in [1.29, 1.82) is 0 Å². The van der Waals surface area contributed by atoms with Gasteiger partial charge in [0.05, 0.1) is 36.7 Å². The highest BCUT2D eigenvalue weighted by Gasteiger charge is 2.25. The van der Waals surface area contributed by atoms with Gasteiger partial charge in [0, 0.05) is 5.56 Å². The van der Waals surface area contributed by atoms with Crippen molar-refractivity contribution in [2.24, 2.45) is 5.16 Å². The van der Waals surface area contributed by atoms with Gasteiger partial charge in [-0.3, -0.25) is 0 Å². The Bertz CT molecular complexity index is 2030. The fourth-order valence-electron chi connectivity index (χ4n) is 5.31. The highest BCUT2D eigenvalue weighted by Crippen LogP contribution is 2.42. The molecule has 0 unspecified atom stereocenters. The van der Waals surface area contributed by atoms with Gasteiger partial charge in [0.15, 0.2) is 18.1 Å². The highest BCUT2D eigenvalue weighted by atomic mass is 16.6. The van der Waals surface area contributed by atoms with Crippen LogP contribution in [0.3, 0.4) is 0 Å². The summed E-state index contributed by atoms with van der Waals surface area (Å²) in [7, 11) is 1.64. The quantitative estimate of drug-likeness (QED) is 0.138. The predicted molar refractivity (Wildman–Crippen MR) is 165 cm³/mol. The minimum Gasteiger partial charge on any atom is -0.497 e. The van der Waals surface area contributed by atoms with E-state index in [1.807, 2.05) is 79.7 Å². The Labute approximate surface area is 247 Å². The van der Waals surface area contributed by atoms with Gasteiger partial charge in [-0.2, -0.15) is 0 Å². The number of aromatic nitrogens is 5. The minimum atomic E-state index is 0.107. The molecule has 0 radical (unpaired) electrons. The number of benzene rings is 3. The van der Waals surface area contributed by atoms with Crippen molar-refractivity contribution in [3.8, 4) is 28.1 Å². The molecular formula is C34H28N6O3. The maximum atomic E-state index is 5.77. The van der Waals surface area contributed by atoms with Crippen molar-refractivity contribution in [3.05, 3.63) is 127 Å². The molecule has 212 valence electrons. The molecule has 43 heavy (non-hydrogen) atoms. The third kappa shape index (κ3) is 5.01. The number of nitrogens with zero attached hydrogens (tertiary/aromatic N) is 6. The van der Waals surface area contributed by atoms with E-state index in [1.54, 1.807) is 24.2 Å². The van der Waals surface area contributed by atoms with Crippen LogP contribution >= 0.6 is 0 Å². The zero-order valence-corrected chi connectivity index (χ0v) is 23.7. The van der Waals surface area contributed by atoms with Crippen LogP contribution in [-0.2, 0) is 18.0 Å². The van der Waals surface area contributed by atoms with Crippen LogP contribution in [0.25, 0.3) is 39.1 Å². The van der Waals surface area contributed by atoms with E-state index in [0.29, 0.717) is 18.0 Å². The highest BCUT2D eigenvalue weighted by molar-refractivity contribution is 6.09. The summed E-state index contributed by atoms with van der Waals surface area (Å²) < 4.78 is 14.9. The second-order valence-corrected chi connectivity index (χ2v) is 10.0. The van der Waals surface area contributed by atoms with E-state index in [0.717, 1.165) is 56.2 Å². The van der Waals surface area contributed by atoms with Crippen molar-refractivity contribution in [3.63, 3.8) is 0 Å². The summed E-state index contributed by atoms with van der Waals surface area (Å²) in [4.78, 5) is 15.5. The van der Waals surface area contributed by atoms with Crippen LogP contribution in [0.15, 0.2) is 119 Å². The SMILES string of the molecule is COc1ccc(C(C)=NOCc2nc3c4c(-c5ccccc5)c(-c5ccccc5)n(Cc5ccco5)c4ncn3n2)cc1. The van der Waals surface area contributed by atoms with E-state index in [2.05, 4.69) is 39.1 Å². The van der Waals surface area contributed by atoms with Crippen LogP contribution < -0.4 is 4.74 Å². The van der Waals surface area contributed by atoms with E-state index in [4.69, 9.17) is 24.0 Å². The van der Waals surface area contributed by atoms with Crippen molar-refractivity contribution in [1.82, 2.24) is 24.1 Å². The number of hydrogen-bond donors (Lipinski definition) is 0. The summed E-state index contributed by atoms with van der Waals surface area (Å²) in [5.74, 6) is 2.12. The first-order valence-corrected chi connectivity index (χ1v) is 13.9. The Hall–Kier alpha value is -5.70. The summed E-state index contributed by atoms with van der Waals surface area (Å²) in [6.07, 6.45) is 3.39.